The van der Waals surface area contributed by atoms with Gasteiger partial charge in [0, 0.05) is 25.2 Å². The number of piperidine rings is 1. The van der Waals surface area contributed by atoms with E-state index in [2.05, 4.69) is 15.2 Å². The van der Waals surface area contributed by atoms with E-state index in [4.69, 9.17) is 0 Å². The molecular formula is C11H16FN3. The largest absolute Gasteiger partial charge is 0.369 e. The molecule has 0 radical (unpaired) electrons. The number of likely N-dealkylation sites (N-methyl/N-ethyl adjacent to an activating group) is 1. The number of anilines is 1. The van der Waals surface area contributed by atoms with Gasteiger partial charge in [-0.3, -0.25) is 4.98 Å². The minimum absolute atomic E-state index is 0.265. The normalized spacial score (nSPS) is 21.7. The Morgan fingerprint density at radius 2 is 2.40 bits per heavy atom. The first-order chi connectivity index (χ1) is 7.29. The molecule has 0 saturated carbocycles. The molecule has 0 bridgehead atoms. The van der Waals surface area contributed by atoms with Gasteiger partial charge in [-0.25, -0.2) is 4.39 Å². The maximum absolute atomic E-state index is 13.0. The minimum atomic E-state index is -0.265. The van der Waals surface area contributed by atoms with Crippen molar-refractivity contribution < 1.29 is 4.39 Å². The Morgan fingerprint density at radius 3 is 3.13 bits per heavy atom. The molecule has 1 aliphatic heterocycles. The number of nitrogens with one attached hydrogen (secondary N) is 1. The Labute approximate surface area is 89.3 Å². The van der Waals surface area contributed by atoms with Crippen LogP contribution in [0.25, 0.3) is 0 Å². The third kappa shape index (κ3) is 2.45. The van der Waals surface area contributed by atoms with E-state index in [0.29, 0.717) is 6.04 Å². The van der Waals surface area contributed by atoms with E-state index in [9.17, 15) is 4.39 Å². The van der Waals surface area contributed by atoms with Gasteiger partial charge in [0.25, 0.3) is 0 Å². The van der Waals surface area contributed by atoms with Crippen molar-refractivity contribution in [3.63, 3.8) is 0 Å². The Kier molecular flexibility index (Phi) is 3.16. The van der Waals surface area contributed by atoms with Crippen molar-refractivity contribution in [1.29, 1.82) is 0 Å². The standard InChI is InChI=1S/C11H16FN3/c1-13-10-3-2-4-15(8-10)11-5-9(12)6-14-7-11/h5-7,10,13H,2-4,8H2,1H3/t10-/m0/s1. The third-order valence-corrected chi connectivity index (χ3v) is 2.89. The van der Waals surface area contributed by atoms with Crippen LogP contribution in [0.2, 0.25) is 0 Å². The van der Waals surface area contributed by atoms with E-state index in [-0.39, 0.29) is 5.82 Å². The van der Waals surface area contributed by atoms with Crippen LogP contribution in [-0.2, 0) is 0 Å². The zero-order valence-electron chi connectivity index (χ0n) is 8.91. The van der Waals surface area contributed by atoms with Crippen LogP contribution in [0.3, 0.4) is 0 Å². The molecule has 2 heterocycles. The lowest BCUT2D eigenvalue weighted by Crippen LogP contribution is -2.44. The van der Waals surface area contributed by atoms with E-state index in [1.165, 1.54) is 12.6 Å². The number of hydrogen-bond acceptors (Lipinski definition) is 3. The first-order valence-electron chi connectivity index (χ1n) is 5.32. The van der Waals surface area contributed by atoms with Crippen LogP contribution in [0.15, 0.2) is 18.5 Å². The Bertz CT molecular complexity index is 329. The van der Waals surface area contributed by atoms with E-state index in [1.54, 1.807) is 12.3 Å². The highest BCUT2D eigenvalue weighted by Gasteiger charge is 2.18. The molecule has 1 fully saturated rings. The molecule has 1 atom stereocenters. The summed E-state index contributed by atoms with van der Waals surface area (Å²) >= 11 is 0. The summed E-state index contributed by atoms with van der Waals surface area (Å²) in [4.78, 5) is 6.05. The lowest BCUT2D eigenvalue weighted by molar-refractivity contribution is 0.449. The van der Waals surface area contributed by atoms with Gasteiger partial charge in [-0.05, 0) is 19.9 Å². The molecule has 2 rings (SSSR count). The smallest absolute Gasteiger partial charge is 0.143 e. The molecule has 3 nitrogen and oxygen atoms in total. The summed E-state index contributed by atoms with van der Waals surface area (Å²) in [6, 6.07) is 2.05. The molecule has 82 valence electrons. The second-order valence-corrected chi connectivity index (χ2v) is 3.94. The van der Waals surface area contributed by atoms with Crippen molar-refractivity contribution >= 4 is 5.69 Å². The lowest BCUT2D eigenvalue weighted by atomic mass is 10.1. The second kappa shape index (κ2) is 4.57. The maximum Gasteiger partial charge on any atom is 0.143 e. The Morgan fingerprint density at radius 1 is 1.53 bits per heavy atom. The van der Waals surface area contributed by atoms with Crippen LogP contribution in [0.5, 0.6) is 0 Å². The van der Waals surface area contributed by atoms with E-state index in [0.717, 1.165) is 25.2 Å². The van der Waals surface area contributed by atoms with Crippen molar-refractivity contribution in [2.75, 3.05) is 25.0 Å². The number of nitrogens with zero attached hydrogens (tertiary/aromatic N) is 2. The summed E-state index contributed by atoms with van der Waals surface area (Å²) in [5.74, 6) is -0.265. The quantitative estimate of drug-likeness (QED) is 0.798. The number of halogens is 1. The molecule has 0 amide bonds. The van der Waals surface area contributed by atoms with Crippen LogP contribution >= 0.6 is 0 Å². The van der Waals surface area contributed by atoms with Crippen molar-refractivity contribution in [2.45, 2.75) is 18.9 Å². The first kappa shape index (κ1) is 10.4. The van der Waals surface area contributed by atoms with Crippen LogP contribution in [0, 0.1) is 5.82 Å². The highest BCUT2D eigenvalue weighted by molar-refractivity contribution is 5.44. The van der Waals surface area contributed by atoms with E-state index >= 15 is 0 Å². The number of pyridine rings is 1. The first-order valence-corrected chi connectivity index (χ1v) is 5.32. The fourth-order valence-corrected chi connectivity index (χ4v) is 2.02. The van der Waals surface area contributed by atoms with Crippen molar-refractivity contribution in [2.24, 2.45) is 0 Å². The molecule has 4 heteroatoms. The molecular weight excluding hydrogens is 193 g/mol. The van der Waals surface area contributed by atoms with Gasteiger partial charge in [0.2, 0.25) is 0 Å². The average molecular weight is 209 g/mol. The maximum atomic E-state index is 13.0. The predicted octanol–water partition coefficient (Wildman–Crippen LogP) is 1.41. The van der Waals surface area contributed by atoms with Crippen LogP contribution in [-0.4, -0.2) is 31.2 Å². The number of rotatable bonds is 2. The zero-order valence-corrected chi connectivity index (χ0v) is 8.91. The zero-order chi connectivity index (χ0) is 10.7. The van der Waals surface area contributed by atoms with Crippen LogP contribution < -0.4 is 10.2 Å². The topological polar surface area (TPSA) is 28.2 Å². The lowest BCUT2D eigenvalue weighted by Gasteiger charge is -2.33. The third-order valence-electron chi connectivity index (χ3n) is 2.89. The second-order valence-electron chi connectivity index (χ2n) is 3.94. The van der Waals surface area contributed by atoms with Crippen LogP contribution in [0.1, 0.15) is 12.8 Å². The average Bonchev–Trinajstić information content (AvgIpc) is 2.29. The van der Waals surface area contributed by atoms with Gasteiger partial charge in [0.1, 0.15) is 5.82 Å². The molecule has 0 unspecified atom stereocenters. The fraction of sp³-hybridized carbons (Fsp3) is 0.545. The SMILES string of the molecule is CN[C@H]1CCCN(c2cncc(F)c2)C1. The monoisotopic (exact) mass is 209 g/mol. The number of aromatic nitrogens is 1. The summed E-state index contributed by atoms with van der Waals surface area (Å²) in [6.07, 6.45) is 5.29. The summed E-state index contributed by atoms with van der Waals surface area (Å²) in [5.41, 5.74) is 0.884. The van der Waals surface area contributed by atoms with Gasteiger partial charge in [-0.15, -0.1) is 0 Å². The molecule has 1 aromatic heterocycles. The van der Waals surface area contributed by atoms with Gasteiger partial charge < -0.3 is 10.2 Å². The van der Waals surface area contributed by atoms with E-state index in [1.807, 2.05) is 7.05 Å². The van der Waals surface area contributed by atoms with Gasteiger partial charge >= 0.3 is 0 Å². The van der Waals surface area contributed by atoms with Gasteiger partial charge in [-0.1, -0.05) is 0 Å². The van der Waals surface area contributed by atoms with Gasteiger partial charge in [0.05, 0.1) is 18.1 Å². The molecule has 1 aromatic rings. The summed E-state index contributed by atoms with van der Waals surface area (Å²) in [7, 11) is 1.97. The van der Waals surface area contributed by atoms with Crippen molar-refractivity contribution in [1.82, 2.24) is 10.3 Å². The minimum Gasteiger partial charge on any atom is -0.369 e. The van der Waals surface area contributed by atoms with Crippen molar-refractivity contribution in [3.05, 3.63) is 24.3 Å². The molecule has 0 spiro atoms. The summed E-state index contributed by atoms with van der Waals surface area (Å²) in [6.45, 7) is 1.92. The highest BCUT2D eigenvalue weighted by atomic mass is 19.1. The molecule has 1 N–H and O–H groups in total. The highest BCUT2D eigenvalue weighted by Crippen LogP contribution is 2.19. The molecule has 0 aromatic carbocycles. The van der Waals surface area contributed by atoms with Crippen molar-refractivity contribution in [3.8, 4) is 0 Å². The van der Waals surface area contributed by atoms with Gasteiger partial charge in [-0.2, -0.15) is 0 Å². The van der Waals surface area contributed by atoms with Gasteiger partial charge in [0.15, 0.2) is 0 Å². The summed E-state index contributed by atoms with van der Waals surface area (Å²) < 4.78 is 13.0. The molecule has 1 aliphatic rings. The van der Waals surface area contributed by atoms with E-state index < -0.39 is 0 Å². The fourth-order valence-electron chi connectivity index (χ4n) is 2.02. The number of hydrogen-bond donors (Lipinski definition) is 1. The predicted molar refractivity (Wildman–Crippen MR) is 58.5 cm³/mol. The molecule has 0 aliphatic carbocycles. The Balaban J connectivity index is 2.09. The van der Waals surface area contributed by atoms with Crippen LogP contribution in [0.4, 0.5) is 10.1 Å². The molecule has 1 saturated heterocycles. The Hall–Kier alpha value is -1.16. The summed E-state index contributed by atoms with van der Waals surface area (Å²) in [5, 5.41) is 3.26. The molecule has 15 heavy (non-hydrogen) atoms.